The minimum Gasteiger partial charge on any atom is -0.398 e. The second-order valence-electron chi connectivity index (χ2n) is 4.41. The fourth-order valence-corrected chi connectivity index (χ4v) is 3.52. The number of anilines is 1. The summed E-state index contributed by atoms with van der Waals surface area (Å²) in [7, 11) is 0. The second-order valence-corrected chi connectivity index (χ2v) is 6.26. The summed E-state index contributed by atoms with van der Waals surface area (Å²) in [6, 6.07) is 11.2. The zero-order chi connectivity index (χ0) is 14.1. The molecule has 0 saturated carbocycles. The van der Waals surface area contributed by atoms with Crippen LogP contribution in [-0.4, -0.2) is 10.8 Å². The lowest BCUT2D eigenvalue weighted by atomic mass is 10.1. The number of nitrogens with two attached hydrogens (primary N) is 1. The van der Waals surface area contributed by atoms with Gasteiger partial charge in [-0.25, -0.2) is 4.98 Å². The van der Waals surface area contributed by atoms with Gasteiger partial charge in [-0.3, -0.25) is 4.79 Å². The number of para-hydroxylation sites is 1. The number of thiophene rings is 1. The highest BCUT2D eigenvalue weighted by molar-refractivity contribution is 9.10. The summed E-state index contributed by atoms with van der Waals surface area (Å²) in [6.07, 6.45) is 0.336. The maximum absolute atomic E-state index is 12.3. The Morgan fingerprint density at radius 1 is 1.30 bits per heavy atom. The minimum absolute atomic E-state index is 0.0226. The molecule has 20 heavy (non-hydrogen) atoms. The molecular weight excluding hydrogens is 336 g/mol. The zero-order valence-corrected chi connectivity index (χ0v) is 12.9. The van der Waals surface area contributed by atoms with E-state index in [4.69, 9.17) is 5.73 Å². The highest BCUT2D eigenvalue weighted by Crippen LogP contribution is 2.25. The number of fused-ring (bicyclic) bond motifs is 1. The number of benzene rings is 1. The number of nitrogens with zero attached hydrogens (tertiary/aromatic N) is 1. The van der Waals surface area contributed by atoms with E-state index in [0.717, 1.165) is 20.3 Å². The first kappa shape index (κ1) is 13.3. The largest absolute Gasteiger partial charge is 0.398 e. The molecule has 2 heterocycles. The van der Waals surface area contributed by atoms with Gasteiger partial charge in [0.2, 0.25) is 0 Å². The van der Waals surface area contributed by atoms with E-state index in [-0.39, 0.29) is 5.78 Å². The van der Waals surface area contributed by atoms with Crippen LogP contribution in [0.15, 0.2) is 46.3 Å². The second kappa shape index (κ2) is 5.34. The molecule has 0 aliphatic carbocycles. The molecule has 5 heteroatoms. The Morgan fingerprint density at radius 2 is 2.10 bits per heavy atom. The Bertz CT molecular complexity index is 797. The molecule has 100 valence electrons. The van der Waals surface area contributed by atoms with Crippen molar-refractivity contribution in [3.8, 4) is 0 Å². The zero-order valence-electron chi connectivity index (χ0n) is 10.5. The fraction of sp³-hybridized carbons (Fsp3) is 0.0667. The maximum Gasteiger partial charge on any atom is 0.186 e. The van der Waals surface area contributed by atoms with Gasteiger partial charge in [0.05, 0.1) is 5.52 Å². The van der Waals surface area contributed by atoms with Gasteiger partial charge in [-0.05, 0) is 39.5 Å². The maximum atomic E-state index is 12.3. The van der Waals surface area contributed by atoms with Crippen molar-refractivity contribution in [2.24, 2.45) is 0 Å². The topological polar surface area (TPSA) is 56.0 Å². The van der Waals surface area contributed by atoms with Crippen molar-refractivity contribution >= 4 is 49.6 Å². The summed E-state index contributed by atoms with van der Waals surface area (Å²) >= 11 is 4.99. The van der Waals surface area contributed by atoms with Crippen molar-refractivity contribution in [3.05, 3.63) is 56.8 Å². The lowest BCUT2D eigenvalue weighted by molar-refractivity contribution is 0.0989. The standard InChI is InChI=1S/C15H11BrN2OS/c16-10-5-6-20-15(10)8-14(19)13-7-11(17)9-3-1-2-4-12(9)18-13/h1-7H,8H2,(H2,17,18). The first-order chi connectivity index (χ1) is 9.65. The van der Waals surface area contributed by atoms with Crippen LogP contribution >= 0.6 is 27.3 Å². The summed E-state index contributed by atoms with van der Waals surface area (Å²) in [5.74, 6) is -0.0226. The van der Waals surface area contributed by atoms with Crippen LogP contribution in [0.5, 0.6) is 0 Å². The first-order valence-electron chi connectivity index (χ1n) is 6.05. The molecular formula is C15H11BrN2OS. The van der Waals surface area contributed by atoms with Crippen molar-refractivity contribution in [2.45, 2.75) is 6.42 Å². The number of carbonyl (C=O) groups excluding carboxylic acids is 1. The third-order valence-electron chi connectivity index (χ3n) is 3.05. The van der Waals surface area contributed by atoms with Gasteiger partial charge in [0.15, 0.2) is 5.78 Å². The molecule has 0 unspecified atom stereocenters. The predicted molar refractivity (Wildman–Crippen MR) is 86.2 cm³/mol. The van der Waals surface area contributed by atoms with E-state index in [9.17, 15) is 4.79 Å². The third-order valence-corrected chi connectivity index (χ3v) is 4.97. The summed E-state index contributed by atoms with van der Waals surface area (Å²) in [5, 5.41) is 2.83. The predicted octanol–water partition coefficient (Wildman–Crippen LogP) is 4.07. The number of nitrogen functional groups attached to an aromatic ring is 1. The van der Waals surface area contributed by atoms with E-state index in [1.54, 1.807) is 17.4 Å². The molecule has 1 aromatic carbocycles. The number of hydrogen-bond acceptors (Lipinski definition) is 4. The molecule has 0 fully saturated rings. The van der Waals surface area contributed by atoms with E-state index in [1.165, 1.54) is 0 Å². The number of aromatic nitrogens is 1. The summed E-state index contributed by atoms with van der Waals surface area (Å²) < 4.78 is 0.963. The van der Waals surface area contributed by atoms with Gasteiger partial charge in [0.1, 0.15) is 5.69 Å². The molecule has 3 rings (SSSR count). The Hall–Kier alpha value is -1.72. The molecule has 0 aliphatic heterocycles. The SMILES string of the molecule is Nc1cc(C(=O)Cc2sccc2Br)nc2ccccc12. The number of carbonyl (C=O) groups is 1. The molecule has 0 radical (unpaired) electrons. The molecule has 0 saturated heterocycles. The summed E-state index contributed by atoms with van der Waals surface area (Å²) in [4.78, 5) is 17.7. The van der Waals surface area contributed by atoms with Gasteiger partial charge in [-0.2, -0.15) is 0 Å². The molecule has 0 bridgehead atoms. The molecule has 3 aromatic rings. The molecule has 0 spiro atoms. The van der Waals surface area contributed by atoms with Crippen LogP contribution in [0, 0.1) is 0 Å². The van der Waals surface area contributed by atoms with Gasteiger partial charge >= 0.3 is 0 Å². The smallest absolute Gasteiger partial charge is 0.186 e. The Labute approximate surface area is 128 Å². The quantitative estimate of drug-likeness (QED) is 0.727. The lowest BCUT2D eigenvalue weighted by Crippen LogP contribution is -2.06. The van der Waals surface area contributed by atoms with Crippen LogP contribution in [0.4, 0.5) is 5.69 Å². The average Bonchev–Trinajstić information content (AvgIpc) is 2.84. The van der Waals surface area contributed by atoms with Crippen molar-refractivity contribution in [1.29, 1.82) is 0 Å². The number of halogens is 1. The minimum atomic E-state index is -0.0226. The summed E-state index contributed by atoms with van der Waals surface area (Å²) in [5.41, 5.74) is 7.76. The number of hydrogen-bond donors (Lipinski definition) is 1. The molecule has 3 nitrogen and oxygen atoms in total. The number of ketones is 1. The van der Waals surface area contributed by atoms with E-state index in [0.29, 0.717) is 17.8 Å². The fourth-order valence-electron chi connectivity index (χ4n) is 2.03. The average molecular weight is 347 g/mol. The van der Waals surface area contributed by atoms with Crippen LogP contribution in [-0.2, 0) is 6.42 Å². The van der Waals surface area contributed by atoms with Gasteiger partial charge < -0.3 is 5.73 Å². The van der Waals surface area contributed by atoms with Crippen LogP contribution in [0.25, 0.3) is 10.9 Å². The molecule has 0 atom stereocenters. The highest BCUT2D eigenvalue weighted by Gasteiger charge is 2.13. The monoisotopic (exact) mass is 346 g/mol. The molecule has 2 aromatic heterocycles. The van der Waals surface area contributed by atoms with E-state index in [1.807, 2.05) is 35.7 Å². The van der Waals surface area contributed by atoms with Crippen molar-refractivity contribution in [1.82, 2.24) is 4.98 Å². The summed E-state index contributed by atoms with van der Waals surface area (Å²) in [6.45, 7) is 0. The van der Waals surface area contributed by atoms with Crippen LogP contribution < -0.4 is 5.73 Å². The van der Waals surface area contributed by atoms with Crippen LogP contribution in [0.3, 0.4) is 0 Å². The van der Waals surface area contributed by atoms with Crippen molar-refractivity contribution in [3.63, 3.8) is 0 Å². The van der Waals surface area contributed by atoms with Crippen molar-refractivity contribution in [2.75, 3.05) is 5.73 Å². The van der Waals surface area contributed by atoms with Crippen molar-refractivity contribution < 1.29 is 4.79 Å². The Morgan fingerprint density at radius 3 is 2.85 bits per heavy atom. The Kier molecular flexibility index (Phi) is 3.54. The van der Waals surface area contributed by atoms with E-state index in [2.05, 4.69) is 20.9 Å². The number of Topliss-reactive ketones (excluding diaryl/α,β-unsaturated/α-hetero) is 1. The third kappa shape index (κ3) is 2.46. The number of pyridine rings is 1. The first-order valence-corrected chi connectivity index (χ1v) is 7.73. The van der Waals surface area contributed by atoms with E-state index >= 15 is 0 Å². The Balaban J connectivity index is 1.98. The highest BCUT2D eigenvalue weighted by atomic mass is 79.9. The van der Waals surface area contributed by atoms with Crippen LogP contribution in [0.2, 0.25) is 0 Å². The molecule has 2 N–H and O–H groups in total. The van der Waals surface area contributed by atoms with Gasteiger partial charge in [0.25, 0.3) is 0 Å². The van der Waals surface area contributed by atoms with Gasteiger partial charge in [0, 0.05) is 26.8 Å². The molecule has 0 amide bonds. The van der Waals surface area contributed by atoms with Gasteiger partial charge in [-0.15, -0.1) is 11.3 Å². The van der Waals surface area contributed by atoms with E-state index < -0.39 is 0 Å². The number of rotatable bonds is 3. The molecule has 0 aliphatic rings. The lowest BCUT2D eigenvalue weighted by Gasteiger charge is -2.05. The van der Waals surface area contributed by atoms with Crippen LogP contribution in [0.1, 0.15) is 15.4 Å². The van der Waals surface area contributed by atoms with Gasteiger partial charge in [-0.1, -0.05) is 18.2 Å². The normalized spacial score (nSPS) is 10.8.